The second-order valence-electron chi connectivity index (χ2n) is 6.68. The first-order valence-corrected chi connectivity index (χ1v) is 12.2. The molecule has 9 nitrogen and oxygen atoms in total. The molecule has 0 heterocycles. The van der Waals surface area contributed by atoms with Gasteiger partial charge in [-0.05, 0) is 38.0 Å². The standard InChI is InChI=1S/C21H30BrN3O6S/c1-3-30-18(26)10-9-16(23)20(28)25-17(21(29)24-11-19(27)31-4-2)13-32-12-14-5-7-15(22)8-6-14/h5-8,16-17H,3-4,9-13,23H2,1-2H3,(H,24,29)(H,25,28)/t16-,17-/m0/s1. The number of carbonyl (C=O) groups excluding carboxylic acids is 4. The van der Waals surface area contributed by atoms with Gasteiger partial charge in [0.2, 0.25) is 11.8 Å². The summed E-state index contributed by atoms with van der Waals surface area (Å²) in [6.07, 6.45) is 0.0916. The number of thioether (sulfide) groups is 1. The third-order valence-corrected chi connectivity index (χ3v) is 5.75. The van der Waals surface area contributed by atoms with Crippen LogP contribution in [0.15, 0.2) is 28.7 Å². The molecule has 4 N–H and O–H groups in total. The lowest BCUT2D eigenvalue weighted by Gasteiger charge is -2.20. The van der Waals surface area contributed by atoms with E-state index in [0.29, 0.717) is 5.75 Å². The quantitative estimate of drug-likeness (QED) is 0.307. The number of nitrogens with two attached hydrogens (primary N) is 1. The van der Waals surface area contributed by atoms with E-state index >= 15 is 0 Å². The molecule has 0 aliphatic rings. The van der Waals surface area contributed by atoms with E-state index in [9.17, 15) is 19.2 Å². The van der Waals surface area contributed by atoms with E-state index in [2.05, 4.69) is 26.6 Å². The van der Waals surface area contributed by atoms with Gasteiger partial charge < -0.3 is 25.8 Å². The van der Waals surface area contributed by atoms with Gasteiger partial charge in [0, 0.05) is 22.4 Å². The SMILES string of the molecule is CCOC(=O)CC[C@H](N)C(=O)N[C@@H](CSCc1ccc(Br)cc1)C(=O)NCC(=O)OCC. The average molecular weight is 532 g/mol. The molecular formula is C21H30BrN3O6S. The zero-order valence-corrected chi connectivity index (χ0v) is 20.6. The van der Waals surface area contributed by atoms with Gasteiger partial charge in [0.1, 0.15) is 12.6 Å². The van der Waals surface area contributed by atoms with Crippen molar-refractivity contribution >= 4 is 51.4 Å². The van der Waals surface area contributed by atoms with Gasteiger partial charge in [0.25, 0.3) is 0 Å². The van der Waals surface area contributed by atoms with Crippen LogP contribution in [0.3, 0.4) is 0 Å². The van der Waals surface area contributed by atoms with Crippen molar-refractivity contribution in [2.75, 3.05) is 25.5 Å². The Hall–Kier alpha value is -2.11. The molecule has 0 saturated carbocycles. The number of amides is 2. The number of ether oxygens (including phenoxy) is 2. The Morgan fingerprint density at radius 2 is 1.66 bits per heavy atom. The molecule has 178 valence electrons. The van der Waals surface area contributed by atoms with Crippen LogP contribution in [0.2, 0.25) is 0 Å². The van der Waals surface area contributed by atoms with Crippen molar-refractivity contribution in [3.63, 3.8) is 0 Å². The number of hydrogen-bond donors (Lipinski definition) is 3. The van der Waals surface area contributed by atoms with Crippen molar-refractivity contribution in [2.24, 2.45) is 5.73 Å². The molecule has 0 fully saturated rings. The lowest BCUT2D eigenvalue weighted by Crippen LogP contribution is -2.53. The summed E-state index contributed by atoms with van der Waals surface area (Å²) in [6.45, 7) is 3.51. The van der Waals surface area contributed by atoms with Crippen LogP contribution in [0.25, 0.3) is 0 Å². The topological polar surface area (TPSA) is 137 Å². The van der Waals surface area contributed by atoms with Gasteiger partial charge in [0.05, 0.1) is 19.3 Å². The molecule has 0 bridgehead atoms. The van der Waals surface area contributed by atoms with Crippen molar-refractivity contribution in [3.8, 4) is 0 Å². The molecule has 0 saturated heterocycles. The molecule has 0 aliphatic heterocycles. The Bertz CT molecular complexity index is 762. The fourth-order valence-electron chi connectivity index (χ4n) is 2.47. The zero-order chi connectivity index (χ0) is 23.9. The maximum Gasteiger partial charge on any atom is 0.325 e. The highest BCUT2D eigenvalue weighted by Crippen LogP contribution is 2.16. The van der Waals surface area contributed by atoms with E-state index in [1.165, 1.54) is 11.8 Å². The lowest BCUT2D eigenvalue weighted by atomic mass is 10.1. The number of rotatable bonds is 14. The van der Waals surface area contributed by atoms with Gasteiger partial charge in [-0.3, -0.25) is 19.2 Å². The highest BCUT2D eigenvalue weighted by molar-refractivity contribution is 9.10. The monoisotopic (exact) mass is 531 g/mol. The molecule has 11 heteroatoms. The van der Waals surface area contributed by atoms with Crippen LogP contribution < -0.4 is 16.4 Å². The first-order valence-electron chi connectivity index (χ1n) is 10.2. The van der Waals surface area contributed by atoms with Crippen LogP contribution in [0.4, 0.5) is 0 Å². The summed E-state index contributed by atoms with van der Waals surface area (Å²) in [7, 11) is 0. The number of esters is 2. The van der Waals surface area contributed by atoms with Crippen LogP contribution in [-0.4, -0.2) is 61.3 Å². The third kappa shape index (κ3) is 11.5. The Morgan fingerprint density at radius 3 is 2.28 bits per heavy atom. The summed E-state index contributed by atoms with van der Waals surface area (Å²) >= 11 is 4.83. The van der Waals surface area contributed by atoms with E-state index in [1.54, 1.807) is 13.8 Å². The molecule has 0 aliphatic carbocycles. The van der Waals surface area contributed by atoms with Gasteiger partial charge in [-0.15, -0.1) is 0 Å². The first-order chi connectivity index (χ1) is 15.3. The van der Waals surface area contributed by atoms with E-state index in [4.69, 9.17) is 15.2 Å². The fourth-order valence-corrected chi connectivity index (χ4v) is 3.75. The van der Waals surface area contributed by atoms with Gasteiger partial charge in [-0.2, -0.15) is 11.8 Å². The van der Waals surface area contributed by atoms with E-state index in [0.717, 1.165) is 10.0 Å². The number of nitrogens with one attached hydrogen (secondary N) is 2. The summed E-state index contributed by atoms with van der Waals surface area (Å²) in [5, 5.41) is 5.09. The zero-order valence-electron chi connectivity index (χ0n) is 18.2. The van der Waals surface area contributed by atoms with Crippen molar-refractivity contribution in [2.45, 2.75) is 44.5 Å². The van der Waals surface area contributed by atoms with Crippen LogP contribution in [0.5, 0.6) is 0 Å². The molecule has 0 aromatic heterocycles. The number of carbonyl (C=O) groups is 4. The molecule has 1 rings (SSSR count). The summed E-state index contributed by atoms with van der Waals surface area (Å²) in [4.78, 5) is 48.1. The smallest absolute Gasteiger partial charge is 0.325 e. The van der Waals surface area contributed by atoms with Crippen LogP contribution in [0.1, 0.15) is 32.3 Å². The van der Waals surface area contributed by atoms with Gasteiger partial charge in [-0.25, -0.2) is 0 Å². The highest BCUT2D eigenvalue weighted by atomic mass is 79.9. The molecule has 2 atom stereocenters. The van der Waals surface area contributed by atoms with Gasteiger partial charge in [0.15, 0.2) is 0 Å². The predicted molar refractivity (Wildman–Crippen MR) is 126 cm³/mol. The number of benzene rings is 1. The minimum atomic E-state index is -0.976. The highest BCUT2D eigenvalue weighted by Gasteiger charge is 2.25. The minimum Gasteiger partial charge on any atom is -0.466 e. The van der Waals surface area contributed by atoms with Crippen LogP contribution >= 0.6 is 27.7 Å². The van der Waals surface area contributed by atoms with Gasteiger partial charge in [-0.1, -0.05) is 28.1 Å². The number of hydrogen-bond acceptors (Lipinski definition) is 8. The second-order valence-corrected chi connectivity index (χ2v) is 8.62. The summed E-state index contributed by atoms with van der Waals surface area (Å²) in [6, 6.07) is 5.86. The molecular weight excluding hydrogens is 502 g/mol. The molecule has 0 spiro atoms. The van der Waals surface area contributed by atoms with Crippen molar-refractivity contribution < 1.29 is 28.7 Å². The third-order valence-electron chi connectivity index (χ3n) is 4.11. The molecule has 2 amide bonds. The fraction of sp³-hybridized carbons (Fsp3) is 0.524. The molecule has 32 heavy (non-hydrogen) atoms. The summed E-state index contributed by atoms with van der Waals surface area (Å²) < 4.78 is 10.6. The van der Waals surface area contributed by atoms with E-state index in [1.807, 2.05) is 24.3 Å². The van der Waals surface area contributed by atoms with Gasteiger partial charge >= 0.3 is 11.9 Å². The predicted octanol–water partition coefficient (Wildman–Crippen LogP) is 1.52. The Kier molecular flexibility index (Phi) is 13.7. The lowest BCUT2D eigenvalue weighted by molar-refractivity contribution is -0.144. The Balaban J connectivity index is 2.66. The Morgan fingerprint density at radius 1 is 1.03 bits per heavy atom. The normalized spacial score (nSPS) is 12.4. The van der Waals surface area contributed by atoms with Crippen LogP contribution in [0, 0.1) is 0 Å². The summed E-state index contributed by atoms with van der Waals surface area (Å²) in [5.41, 5.74) is 6.93. The maximum atomic E-state index is 12.6. The summed E-state index contributed by atoms with van der Waals surface area (Å²) in [5.74, 6) is -1.20. The molecule has 0 unspecified atom stereocenters. The number of halogens is 1. The van der Waals surface area contributed by atoms with Crippen LogP contribution in [-0.2, 0) is 34.4 Å². The van der Waals surface area contributed by atoms with Crippen molar-refractivity contribution in [3.05, 3.63) is 34.3 Å². The van der Waals surface area contributed by atoms with Crippen molar-refractivity contribution in [1.29, 1.82) is 0 Å². The second kappa shape index (κ2) is 15.7. The van der Waals surface area contributed by atoms with E-state index < -0.39 is 35.8 Å². The average Bonchev–Trinajstić information content (AvgIpc) is 2.76. The maximum absolute atomic E-state index is 12.6. The Labute approximate surface area is 200 Å². The molecule has 1 aromatic rings. The minimum absolute atomic E-state index is 0.000461. The molecule has 0 radical (unpaired) electrons. The largest absolute Gasteiger partial charge is 0.466 e. The van der Waals surface area contributed by atoms with Crippen molar-refractivity contribution in [1.82, 2.24) is 10.6 Å². The first kappa shape index (κ1) is 27.9. The van der Waals surface area contributed by atoms with E-state index in [-0.39, 0.29) is 38.4 Å². The molecule has 1 aromatic carbocycles.